The monoisotopic (exact) mass is 248 g/mol. The van der Waals surface area contributed by atoms with E-state index in [2.05, 4.69) is 23.2 Å². The Kier molecular flexibility index (Phi) is 3.91. The minimum Gasteiger partial charge on any atom is -0.323 e. The molecule has 0 unspecified atom stereocenters. The summed E-state index contributed by atoms with van der Waals surface area (Å²) in [6.07, 6.45) is 7.95. The summed E-state index contributed by atoms with van der Waals surface area (Å²) in [5.41, 5.74) is 1.37. The summed E-state index contributed by atoms with van der Waals surface area (Å²) in [6.45, 7) is 6.61. The molecule has 3 nitrogen and oxygen atoms in total. The normalized spacial score (nSPS) is 29.6. The minimum absolute atomic E-state index is 0.995. The van der Waals surface area contributed by atoms with Gasteiger partial charge in [0, 0.05) is 12.1 Å². The molecule has 0 atom stereocenters. The zero-order valence-corrected chi connectivity index (χ0v) is 11.3. The molecule has 2 aliphatic rings. The Labute approximate surface area is 110 Å². The fourth-order valence-corrected chi connectivity index (χ4v) is 3.65. The molecule has 1 saturated carbocycles. The summed E-state index contributed by atoms with van der Waals surface area (Å²) in [4.78, 5) is 7.00. The van der Waals surface area contributed by atoms with Crippen LogP contribution in [0.2, 0.25) is 0 Å². The maximum atomic E-state index is 3.35. The molecule has 1 aliphatic heterocycles. The van der Waals surface area contributed by atoms with E-state index in [4.69, 9.17) is 0 Å². The number of hydrogen-bond donors (Lipinski definition) is 2. The highest BCUT2D eigenvalue weighted by molar-refractivity contribution is 4.94. The van der Waals surface area contributed by atoms with Gasteiger partial charge in [-0.25, -0.2) is 4.98 Å². The number of aromatic nitrogens is 1. The van der Waals surface area contributed by atoms with Gasteiger partial charge in [-0.3, -0.25) is 0 Å². The van der Waals surface area contributed by atoms with Crippen molar-refractivity contribution in [3.05, 3.63) is 30.1 Å². The van der Waals surface area contributed by atoms with Crippen LogP contribution in [0, 0.1) is 0 Å². The van der Waals surface area contributed by atoms with Gasteiger partial charge in [0.25, 0.3) is 0 Å². The number of piperazine rings is 1. The van der Waals surface area contributed by atoms with Gasteiger partial charge in [-0.2, -0.15) is 0 Å². The van der Waals surface area contributed by atoms with Crippen LogP contribution in [0.4, 0.5) is 0 Å². The van der Waals surface area contributed by atoms with Crippen LogP contribution >= 0.6 is 0 Å². The third-order valence-electron chi connectivity index (χ3n) is 4.75. The van der Waals surface area contributed by atoms with Crippen LogP contribution in [0.25, 0.3) is 0 Å². The number of quaternary nitrogens is 2. The molecule has 1 saturated heterocycles. The van der Waals surface area contributed by atoms with E-state index >= 15 is 0 Å². The molecule has 2 fully saturated rings. The Morgan fingerprint density at radius 2 is 1.83 bits per heavy atom. The molecule has 0 bridgehead atoms. The maximum Gasteiger partial charge on any atom is 0.234 e. The molecular formula is C15H26N3+3. The Hall–Kier alpha value is -0.930. The molecule has 2 heterocycles. The highest BCUT2D eigenvalue weighted by Gasteiger charge is 2.31. The zero-order valence-electron chi connectivity index (χ0n) is 11.3. The predicted octanol–water partition coefficient (Wildman–Crippen LogP) is -1.27. The molecule has 3 N–H and O–H groups in total. The number of nitrogens with one attached hydrogen (secondary N) is 3. The van der Waals surface area contributed by atoms with Crippen molar-refractivity contribution in [1.82, 2.24) is 0 Å². The van der Waals surface area contributed by atoms with E-state index in [9.17, 15) is 0 Å². The molecule has 1 aromatic rings. The lowest BCUT2D eigenvalue weighted by molar-refractivity contribution is -1.03. The number of aromatic amines is 1. The highest BCUT2D eigenvalue weighted by atomic mass is 15.3. The third-order valence-corrected chi connectivity index (χ3v) is 4.75. The molecule has 0 aromatic carbocycles. The van der Waals surface area contributed by atoms with Crippen molar-refractivity contribution in [1.29, 1.82) is 0 Å². The zero-order chi connectivity index (χ0) is 12.2. The van der Waals surface area contributed by atoms with Gasteiger partial charge in [0.15, 0.2) is 12.7 Å². The van der Waals surface area contributed by atoms with Crippen molar-refractivity contribution in [3.63, 3.8) is 0 Å². The van der Waals surface area contributed by atoms with Crippen LogP contribution in [-0.2, 0) is 6.54 Å². The summed E-state index contributed by atoms with van der Waals surface area (Å²) >= 11 is 0. The molecule has 0 amide bonds. The van der Waals surface area contributed by atoms with Crippen LogP contribution in [-0.4, -0.2) is 32.2 Å². The Bertz CT molecular complexity index is 351. The smallest absolute Gasteiger partial charge is 0.234 e. The van der Waals surface area contributed by atoms with Gasteiger partial charge in [0.1, 0.15) is 26.2 Å². The fourth-order valence-electron chi connectivity index (χ4n) is 3.65. The first-order chi connectivity index (χ1) is 8.92. The van der Waals surface area contributed by atoms with Gasteiger partial charge in [-0.15, -0.1) is 0 Å². The number of pyridine rings is 1. The summed E-state index contributed by atoms with van der Waals surface area (Å²) in [7, 11) is 0. The Balaban J connectivity index is 1.48. The van der Waals surface area contributed by atoms with Crippen LogP contribution in [0.3, 0.4) is 0 Å². The molecule has 0 radical (unpaired) electrons. The van der Waals surface area contributed by atoms with Crippen molar-refractivity contribution in [2.24, 2.45) is 0 Å². The maximum absolute atomic E-state index is 3.35. The quantitative estimate of drug-likeness (QED) is 0.666. The van der Waals surface area contributed by atoms with E-state index in [1.54, 1.807) is 4.90 Å². The van der Waals surface area contributed by atoms with Crippen molar-refractivity contribution in [2.75, 3.05) is 26.2 Å². The molecule has 3 rings (SSSR count). The van der Waals surface area contributed by atoms with E-state index in [1.165, 1.54) is 64.1 Å². The van der Waals surface area contributed by atoms with E-state index in [-0.39, 0.29) is 0 Å². The van der Waals surface area contributed by atoms with Gasteiger partial charge >= 0.3 is 0 Å². The molecule has 0 spiro atoms. The molecule has 1 aromatic heterocycles. The Morgan fingerprint density at radius 1 is 1.06 bits per heavy atom. The molecule has 1 aliphatic carbocycles. The molecule has 3 heteroatoms. The second-order valence-corrected chi connectivity index (χ2v) is 5.95. The summed E-state index contributed by atoms with van der Waals surface area (Å²) in [5.74, 6) is 0. The first kappa shape index (κ1) is 12.1. The number of hydrogen-bond acceptors (Lipinski definition) is 0. The lowest BCUT2D eigenvalue weighted by Gasteiger charge is -2.32. The Morgan fingerprint density at radius 3 is 2.50 bits per heavy atom. The molecular weight excluding hydrogens is 222 g/mol. The SMILES string of the molecule is c1ccc(C[NH+]2CC[NH+](C3CCCC3)CC2)[nH+]c1. The van der Waals surface area contributed by atoms with Gasteiger partial charge in [-0.05, 0) is 31.7 Å². The minimum atomic E-state index is 0.995. The highest BCUT2D eigenvalue weighted by Crippen LogP contribution is 2.15. The topological polar surface area (TPSA) is 23.0 Å². The second kappa shape index (κ2) is 5.81. The van der Waals surface area contributed by atoms with Crippen molar-refractivity contribution in [3.8, 4) is 0 Å². The van der Waals surface area contributed by atoms with Crippen LogP contribution in [0.1, 0.15) is 31.4 Å². The molecule has 18 heavy (non-hydrogen) atoms. The second-order valence-electron chi connectivity index (χ2n) is 5.95. The van der Waals surface area contributed by atoms with Gasteiger partial charge < -0.3 is 9.80 Å². The van der Waals surface area contributed by atoms with Gasteiger partial charge in [0.05, 0.1) is 6.04 Å². The molecule has 98 valence electrons. The first-order valence-electron chi connectivity index (χ1n) is 7.55. The summed E-state index contributed by atoms with van der Waals surface area (Å²) in [6, 6.07) is 7.39. The lowest BCUT2D eigenvalue weighted by atomic mass is 10.2. The fraction of sp³-hybridized carbons (Fsp3) is 0.667. The van der Waals surface area contributed by atoms with Gasteiger partial charge in [0.2, 0.25) is 5.69 Å². The third kappa shape index (κ3) is 2.90. The predicted molar refractivity (Wildman–Crippen MR) is 70.4 cm³/mol. The summed E-state index contributed by atoms with van der Waals surface area (Å²) in [5, 5.41) is 0. The van der Waals surface area contributed by atoms with E-state index < -0.39 is 0 Å². The standard InChI is InChI=1S/C15H23N3/c1-2-7-15(6-1)18-11-9-17(10-12-18)13-14-5-3-4-8-16-14/h3-5,8,15H,1-2,6-7,9-13H2/p+3. The van der Waals surface area contributed by atoms with Crippen LogP contribution < -0.4 is 14.8 Å². The lowest BCUT2D eigenvalue weighted by Crippen LogP contribution is -3.29. The van der Waals surface area contributed by atoms with Gasteiger partial charge in [-0.1, -0.05) is 0 Å². The van der Waals surface area contributed by atoms with E-state index in [0.717, 1.165) is 6.04 Å². The van der Waals surface area contributed by atoms with E-state index in [0.29, 0.717) is 0 Å². The average Bonchev–Trinajstić information content (AvgIpc) is 2.95. The van der Waals surface area contributed by atoms with E-state index in [1.807, 2.05) is 11.1 Å². The van der Waals surface area contributed by atoms with Crippen molar-refractivity contribution < 1.29 is 14.8 Å². The summed E-state index contributed by atoms with van der Waals surface area (Å²) < 4.78 is 0. The van der Waals surface area contributed by atoms with Crippen LogP contribution in [0.15, 0.2) is 24.4 Å². The number of H-pyrrole nitrogens is 1. The largest absolute Gasteiger partial charge is 0.323 e. The van der Waals surface area contributed by atoms with Crippen molar-refractivity contribution in [2.45, 2.75) is 38.3 Å². The van der Waals surface area contributed by atoms with Crippen LogP contribution in [0.5, 0.6) is 0 Å². The first-order valence-corrected chi connectivity index (χ1v) is 7.55. The number of rotatable bonds is 3. The average molecular weight is 248 g/mol. The van der Waals surface area contributed by atoms with Crippen molar-refractivity contribution >= 4 is 0 Å².